The summed E-state index contributed by atoms with van der Waals surface area (Å²) in [4.78, 5) is 42.5. The molecule has 2 atom stereocenters. The number of nitrogens with one attached hydrogen (secondary N) is 2. The molecule has 1 aliphatic carbocycles. The van der Waals surface area contributed by atoms with Crippen LogP contribution in [-0.4, -0.2) is 38.8 Å². The Morgan fingerprint density at radius 3 is 2.65 bits per heavy atom. The zero-order chi connectivity index (χ0) is 24.7. The first kappa shape index (κ1) is 23.7. The van der Waals surface area contributed by atoms with Crippen LogP contribution in [0.25, 0.3) is 0 Å². The number of carbonyl (C=O) groups excluding carboxylic acids is 2. The van der Waals surface area contributed by atoms with E-state index in [1.54, 1.807) is 20.8 Å². The standard InChI is InChI=1S/C24H29FN4O5/c1-23(2,3)34-22(33)27-13-24-9-8-15(10-24)12-29-20(32)18(30)17(28-21(24)29)19(31)26-11-14-4-6-16(25)7-5-14/h4-7,15,30H,8-13H2,1-3H3,(H,26,31)(H,27,33). The first-order valence-corrected chi connectivity index (χ1v) is 11.3. The van der Waals surface area contributed by atoms with Gasteiger partial charge in [0.25, 0.3) is 11.5 Å². The summed E-state index contributed by atoms with van der Waals surface area (Å²) < 4.78 is 19.9. The molecular formula is C24H29FN4O5. The molecule has 0 spiro atoms. The van der Waals surface area contributed by atoms with Crippen molar-refractivity contribution in [3.63, 3.8) is 0 Å². The molecule has 2 bridgehead atoms. The van der Waals surface area contributed by atoms with Crippen LogP contribution in [0.1, 0.15) is 61.9 Å². The number of hydrogen-bond donors (Lipinski definition) is 3. The molecule has 9 nitrogen and oxygen atoms in total. The van der Waals surface area contributed by atoms with Gasteiger partial charge in [-0.05, 0) is 63.6 Å². The van der Waals surface area contributed by atoms with Gasteiger partial charge in [0.05, 0.1) is 0 Å². The quantitative estimate of drug-likeness (QED) is 0.615. The molecule has 1 saturated carbocycles. The maximum absolute atomic E-state index is 13.1. The average Bonchev–Trinajstić information content (AvgIpc) is 3.11. The van der Waals surface area contributed by atoms with E-state index in [9.17, 15) is 23.9 Å². The molecule has 2 aliphatic rings. The minimum atomic E-state index is -0.711. The van der Waals surface area contributed by atoms with Crippen molar-refractivity contribution >= 4 is 12.0 Å². The van der Waals surface area contributed by atoms with Gasteiger partial charge in [-0.25, -0.2) is 14.2 Å². The second kappa shape index (κ2) is 8.73. The molecule has 34 heavy (non-hydrogen) atoms. The summed E-state index contributed by atoms with van der Waals surface area (Å²) in [5.41, 5.74) is -1.68. The summed E-state index contributed by atoms with van der Waals surface area (Å²) in [6, 6.07) is 5.61. The molecule has 2 aromatic rings. The summed E-state index contributed by atoms with van der Waals surface area (Å²) in [6.07, 6.45) is 1.66. The fraction of sp³-hybridized carbons (Fsp3) is 0.500. The second-order valence-electron chi connectivity index (χ2n) is 10.1. The molecule has 0 saturated heterocycles. The fourth-order valence-corrected chi connectivity index (χ4v) is 4.79. The second-order valence-corrected chi connectivity index (χ2v) is 10.1. The lowest BCUT2D eigenvalue weighted by atomic mass is 9.81. The van der Waals surface area contributed by atoms with E-state index in [1.807, 2.05) is 0 Å². The highest BCUT2D eigenvalue weighted by Gasteiger charge is 2.48. The fourth-order valence-electron chi connectivity index (χ4n) is 4.79. The van der Waals surface area contributed by atoms with Crippen molar-refractivity contribution in [2.45, 2.75) is 64.1 Å². The number of rotatable bonds is 5. The van der Waals surface area contributed by atoms with Gasteiger partial charge in [0.2, 0.25) is 5.75 Å². The number of ether oxygens (including phenoxy) is 1. The maximum Gasteiger partial charge on any atom is 0.407 e. The largest absolute Gasteiger partial charge is 0.501 e. The van der Waals surface area contributed by atoms with E-state index < -0.39 is 40.1 Å². The third-order valence-electron chi connectivity index (χ3n) is 6.32. The van der Waals surface area contributed by atoms with Crippen LogP contribution in [0.2, 0.25) is 0 Å². The van der Waals surface area contributed by atoms with Crippen LogP contribution >= 0.6 is 0 Å². The summed E-state index contributed by atoms with van der Waals surface area (Å²) in [6.45, 7) is 5.99. The summed E-state index contributed by atoms with van der Waals surface area (Å²) in [5, 5.41) is 15.9. The van der Waals surface area contributed by atoms with E-state index >= 15 is 0 Å². The van der Waals surface area contributed by atoms with Gasteiger partial charge in [-0.3, -0.25) is 14.2 Å². The van der Waals surface area contributed by atoms with Crippen LogP contribution in [0.15, 0.2) is 29.1 Å². The molecular weight excluding hydrogens is 443 g/mol. The van der Waals surface area contributed by atoms with E-state index in [2.05, 4.69) is 15.6 Å². The number of alkyl carbamates (subject to hydrolysis) is 1. The normalized spacial score (nSPS) is 21.0. The van der Waals surface area contributed by atoms with Gasteiger partial charge in [0, 0.05) is 25.0 Å². The number of halogens is 1. The summed E-state index contributed by atoms with van der Waals surface area (Å²) in [5.74, 6) is -1.22. The van der Waals surface area contributed by atoms with Gasteiger partial charge in [-0.2, -0.15) is 0 Å². The van der Waals surface area contributed by atoms with E-state index in [0.29, 0.717) is 30.8 Å². The number of aromatic nitrogens is 2. The highest BCUT2D eigenvalue weighted by Crippen LogP contribution is 2.47. The lowest BCUT2D eigenvalue weighted by Gasteiger charge is -2.35. The Balaban J connectivity index is 1.60. The molecule has 2 heterocycles. The molecule has 1 aromatic carbocycles. The number of fused-ring (bicyclic) bond motifs is 4. The minimum absolute atomic E-state index is 0.0755. The molecule has 3 N–H and O–H groups in total. The maximum atomic E-state index is 13.1. The number of amides is 2. The Labute approximate surface area is 196 Å². The predicted octanol–water partition coefficient (Wildman–Crippen LogP) is 2.59. The van der Waals surface area contributed by atoms with Crippen LogP contribution in [0.3, 0.4) is 0 Å². The van der Waals surface area contributed by atoms with Gasteiger partial charge in [-0.1, -0.05) is 12.1 Å². The molecule has 1 aliphatic heterocycles. The van der Waals surface area contributed by atoms with Crippen molar-refractivity contribution in [1.29, 1.82) is 0 Å². The third kappa shape index (κ3) is 4.76. The highest BCUT2D eigenvalue weighted by molar-refractivity contribution is 5.94. The van der Waals surface area contributed by atoms with E-state index in [0.717, 1.165) is 6.42 Å². The molecule has 1 aromatic heterocycles. The lowest BCUT2D eigenvalue weighted by molar-refractivity contribution is 0.0509. The molecule has 1 fully saturated rings. The Bertz CT molecular complexity index is 1170. The lowest BCUT2D eigenvalue weighted by Crippen LogP contribution is -2.48. The van der Waals surface area contributed by atoms with Crippen molar-refractivity contribution in [3.8, 4) is 5.75 Å². The van der Waals surface area contributed by atoms with E-state index in [4.69, 9.17) is 4.74 Å². The predicted molar refractivity (Wildman–Crippen MR) is 121 cm³/mol. The monoisotopic (exact) mass is 472 g/mol. The third-order valence-corrected chi connectivity index (χ3v) is 6.32. The number of nitrogens with zero attached hydrogens (tertiary/aromatic N) is 2. The van der Waals surface area contributed by atoms with Crippen LogP contribution in [0.4, 0.5) is 9.18 Å². The van der Waals surface area contributed by atoms with Gasteiger partial charge in [0.15, 0.2) is 5.69 Å². The average molecular weight is 473 g/mol. The first-order valence-electron chi connectivity index (χ1n) is 11.3. The Morgan fingerprint density at radius 2 is 1.97 bits per heavy atom. The van der Waals surface area contributed by atoms with Crippen LogP contribution in [0, 0.1) is 11.7 Å². The SMILES string of the molecule is CC(C)(C)OC(=O)NCC12CCC(Cn3c1nc(C(=O)NCc1ccc(F)cc1)c(O)c3=O)C2. The van der Waals surface area contributed by atoms with Gasteiger partial charge >= 0.3 is 6.09 Å². The van der Waals surface area contributed by atoms with Crippen molar-refractivity contribution in [1.82, 2.24) is 20.2 Å². The van der Waals surface area contributed by atoms with Crippen molar-refractivity contribution in [2.24, 2.45) is 5.92 Å². The van der Waals surface area contributed by atoms with Gasteiger partial charge < -0.3 is 20.5 Å². The summed E-state index contributed by atoms with van der Waals surface area (Å²) in [7, 11) is 0. The van der Waals surface area contributed by atoms with Crippen molar-refractivity contribution in [3.05, 3.63) is 57.5 Å². The number of carbonyl (C=O) groups is 2. The molecule has 10 heteroatoms. The minimum Gasteiger partial charge on any atom is -0.501 e. The van der Waals surface area contributed by atoms with E-state index in [1.165, 1.54) is 28.8 Å². The Kier molecular flexibility index (Phi) is 6.09. The summed E-state index contributed by atoms with van der Waals surface area (Å²) >= 11 is 0. The van der Waals surface area contributed by atoms with Crippen molar-refractivity contribution < 1.29 is 23.8 Å². The Morgan fingerprint density at radius 1 is 1.26 bits per heavy atom. The first-order chi connectivity index (χ1) is 16.0. The Hall–Kier alpha value is -3.43. The topological polar surface area (TPSA) is 123 Å². The smallest absolute Gasteiger partial charge is 0.407 e. The number of benzene rings is 1. The number of aromatic hydroxyl groups is 1. The van der Waals surface area contributed by atoms with Crippen LogP contribution in [-0.2, 0) is 23.2 Å². The number of hydrogen-bond acceptors (Lipinski definition) is 6. The van der Waals surface area contributed by atoms with E-state index in [-0.39, 0.29) is 24.7 Å². The van der Waals surface area contributed by atoms with Gasteiger partial charge in [-0.15, -0.1) is 0 Å². The molecule has 182 valence electrons. The molecule has 0 radical (unpaired) electrons. The molecule has 4 rings (SSSR count). The van der Waals surface area contributed by atoms with Gasteiger partial charge in [0.1, 0.15) is 17.2 Å². The van der Waals surface area contributed by atoms with Crippen molar-refractivity contribution in [2.75, 3.05) is 6.54 Å². The van der Waals surface area contributed by atoms with Crippen LogP contribution in [0.5, 0.6) is 5.75 Å². The highest BCUT2D eigenvalue weighted by atomic mass is 19.1. The van der Waals surface area contributed by atoms with Crippen LogP contribution < -0.4 is 16.2 Å². The molecule has 2 amide bonds. The molecule has 2 unspecified atom stereocenters. The zero-order valence-electron chi connectivity index (χ0n) is 19.5. The zero-order valence-corrected chi connectivity index (χ0v) is 19.5.